The summed E-state index contributed by atoms with van der Waals surface area (Å²) in [6.07, 6.45) is 4.74. The van der Waals surface area contributed by atoms with Gasteiger partial charge in [-0.1, -0.05) is 19.4 Å². The predicted octanol–water partition coefficient (Wildman–Crippen LogP) is 2.48. The highest BCUT2D eigenvalue weighted by Crippen LogP contribution is 2.42. The molecule has 4 rings (SSSR count). The lowest BCUT2D eigenvalue weighted by atomic mass is 9.84. The summed E-state index contributed by atoms with van der Waals surface area (Å²) in [6, 6.07) is 5.27. The van der Waals surface area contributed by atoms with Gasteiger partial charge in [0.05, 0.1) is 12.5 Å². The molecule has 2 fully saturated rings. The molecule has 2 amide bonds. The third kappa shape index (κ3) is 7.22. The summed E-state index contributed by atoms with van der Waals surface area (Å²) < 4.78 is 11.0. The van der Waals surface area contributed by atoms with Crippen LogP contribution < -0.4 is 9.47 Å². The zero-order valence-corrected chi connectivity index (χ0v) is 23.6. The first-order chi connectivity index (χ1) is 18.8. The van der Waals surface area contributed by atoms with E-state index in [-0.39, 0.29) is 37.1 Å². The molecule has 216 valence electrons. The van der Waals surface area contributed by atoms with E-state index in [1.807, 2.05) is 42.1 Å². The molecule has 0 saturated carbocycles. The van der Waals surface area contributed by atoms with Crippen molar-refractivity contribution in [2.45, 2.75) is 57.4 Å². The van der Waals surface area contributed by atoms with Crippen LogP contribution in [0, 0.1) is 5.92 Å². The van der Waals surface area contributed by atoms with Gasteiger partial charge in [-0.25, -0.2) is 0 Å². The smallest absolute Gasteiger partial charge is 0.308 e. The Morgan fingerprint density at radius 1 is 1.10 bits per heavy atom. The molecule has 1 N–H and O–H groups in total. The third-order valence-electron chi connectivity index (χ3n) is 8.23. The molecule has 0 radical (unpaired) electrons. The van der Waals surface area contributed by atoms with Crippen molar-refractivity contribution in [3.05, 3.63) is 23.8 Å². The Bertz CT molecular complexity index is 1020. The Hall–Kier alpha value is -2.85. The molecule has 3 heterocycles. The van der Waals surface area contributed by atoms with Crippen LogP contribution in [0.2, 0.25) is 0 Å². The molecular weight excluding hydrogens is 500 g/mol. The molecule has 0 bridgehead atoms. The maximum absolute atomic E-state index is 13.6. The molecule has 10 nitrogen and oxygen atoms in total. The number of carboxylic acids is 1. The van der Waals surface area contributed by atoms with Crippen LogP contribution in [0.25, 0.3) is 0 Å². The molecule has 3 unspecified atom stereocenters. The fourth-order valence-corrected chi connectivity index (χ4v) is 6.12. The molecule has 3 aliphatic heterocycles. The van der Waals surface area contributed by atoms with Gasteiger partial charge < -0.3 is 29.3 Å². The van der Waals surface area contributed by atoms with E-state index in [2.05, 4.69) is 16.7 Å². The van der Waals surface area contributed by atoms with Crippen molar-refractivity contribution in [3.63, 3.8) is 0 Å². The quantitative estimate of drug-likeness (QED) is 0.381. The van der Waals surface area contributed by atoms with Gasteiger partial charge in [-0.15, -0.1) is 0 Å². The van der Waals surface area contributed by atoms with Crippen LogP contribution >= 0.6 is 0 Å². The molecule has 0 aromatic heterocycles. The second-order valence-electron chi connectivity index (χ2n) is 11.2. The number of carbonyl (C=O) groups excluding carboxylic acids is 2. The van der Waals surface area contributed by atoms with Gasteiger partial charge in [0, 0.05) is 51.1 Å². The number of hydrogen-bond donors (Lipinski definition) is 1. The van der Waals surface area contributed by atoms with Crippen molar-refractivity contribution < 1.29 is 29.0 Å². The highest BCUT2D eigenvalue weighted by molar-refractivity contribution is 5.79. The lowest BCUT2D eigenvalue weighted by molar-refractivity contribution is -0.144. The van der Waals surface area contributed by atoms with Crippen molar-refractivity contribution in [1.29, 1.82) is 0 Å². The molecule has 3 aliphatic rings. The monoisotopic (exact) mass is 544 g/mol. The molecule has 1 aromatic rings. The fraction of sp³-hybridized carbons (Fsp3) is 0.690. The Morgan fingerprint density at radius 2 is 1.87 bits per heavy atom. The molecular formula is C29H44N4O6. The number of rotatable bonds is 14. The summed E-state index contributed by atoms with van der Waals surface area (Å²) in [5.74, 6) is -0.433. The fourth-order valence-electron chi connectivity index (χ4n) is 6.12. The van der Waals surface area contributed by atoms with E-state index in [1.165, 1.54) is 0 Å². The van der Waals surface area contributed by atoms with E-state index < -0.39 is 11.9 Å². The van der Waals surface area contributed by atoms with Gasteiger partial charge in [-0.3, -0.25) is 19.3 Å². The zero-order chi connectivity index (χ0) is 27.9. The number of fused-ring (bicyclic) bond motifs is 1. The number of aliphatic carboxylic acids is 1. The number of nitrogens with zero attached hydrogens (tertiary/aromatic N) is 4. The Morgan fingerprint density at radius 3 is 2.56 bits per heavy atom. The lowest BCUT2D eigenvalue weighted by Gasteiger charge is -2.31. The maximum Gasteiger partial charge on any atom is 0.308 e. The van der Waals surface area contributed by atoms with Gasteiger partial charge in [-0.2, -0.15) is 0 Å². The van der Waals surface area contributed by atoms with Crippen molar-refractivity contribution >= 4 is 17.8 Å². The van der Waals surface area contributed by atoms with Crippen molar-refractivity contribution in [3.8, 4) is 11.5 Å². The predicted molar refractivity (Wildman–Crippen MR) is 147 cm³/mol. The largest absolute Gasteiger partial charge is 0.481 e. The number of hydrogen-bond acceptors (Lipinski definition) is 7. The Balaban J connectivity index is 1.55. The summed E-state index contributed by atoms with van der Waals surface area (Å²) >= 11 is 0. The maximum atomic E-state index is 13.6. The SMILES string of the molecule is CCCCN(CCCN(C)C)C(=O)CN1CC(c2ccc3c(c2)OCO3)C(C(=O)O)C1CCN1CCCC1=O. The van der Waals surface area contributed by atoms with E-state index in [0.29, 0.717) is 57.1 Å². The number of carbonyl (C=O) groups is 3. The zero-order valence-electron chi connectivity index (χ0n) is 23.6. The highest BCUT2D eigenvalue weighted by Gasteiger charge is 2.47. The van der Waals surface area contributed by atoms with Gasteiger partial charge in [0.15, 0.2) is 11.5 Å². The first-order valence-electron chi connectivity index (χ1n) is 14.3. The summed E-state index contributed by atoms with van der Waals surface area (Å²) in [4.78, 5) is 46.6. The molecule has 3 atom stereocenters. The first kappa shape index (κ1) is 29.1. The molecule has 1 aromatic carbocycles. The van der Waals surface area contributed by atoms with E-state index in [1.54, 1.807) is 0 Å². The van der Waals surface area contributed by atoms with Gasteiger partial charge in [0.25, 0.3) is 0 Å². The van der Waals surface area contributed by atoms with Gasteiger partial charge in [0.2, 0.25) is 18.6 Å². The second kappa shape index (κ2) is 13.5. The topological polar surface area (TPSA) is 103 Å². The molecule has 39 heavy (non-hydrogen) atoms. The van der Waals surface area contributed by atoms with E-state index in [4.69, 9.17) is 9.47 Å². The summed E-state index contributed by atoms with van der Waals surface area (Å²) in [7, 11) is 4.06. The minimum atomic E-state index is -0.876. The Kier molecular flexibility index (Phi) is 10.1. The average Bonchev–Trinajstić information content (AvgIpc) is 3.62. The number of amides is 2. The number of ether oxygens (including phenoxy) is 2. The summed E-state index contributed by atoms with van der Waals surface area (Å²) in [6.45, 7) is 6.42. The van der Waals surface area contributed by atoms with Gasteiger partial charge in [0.1, 0.15) is 0 Å². The lowest BCUT2D eigenvalue weighted by Crippen LogP contribution is -2.46. The second-order valence-corrected chi connectivity index (χ2v) is 11.2. The highest BCUT2D eigenvalue weighted by atomic mass is 16.7. The molecule has 2 saturated heterocycles. The van der Waals surface area contributed by atoms with Crippen LogP contribution in [0.4, 0.5) is 0 Å². The first-order valence-corrected chi connectivity index (χ1v) is 14.3. The Labute approximate surface area is 231 Å². The molecule has 0 aliphatic carbocycles. The van der Waals surface area contributed by atoms with Crippen LogP contribution in [-0.4, -0.2) is 115 Å². The van der Waals surface area contributed by atoms with Gasteiger partial charge in [-0.05, 0) is 64.0 Å². The van der Waals surface area contributed by atoms with Crippen molar-refractivity contribution in [2.24, 2.45) is 5.92 Å². The number of carboxylic acid groups (broad SMARTS) is 1. The third-order valence-corrected chi connectivity index (χ3v) is 8.23. The van der Waals surface area contributed by atoms with Crippen LogP contribution in [0.3, 0.4) is 0 Å². The van der Waals surface area contributed by atoms with E-state index in [9.17, 15) is 19.5 Å². The number of unbranched alkanes of at least 4 members (excludes halogenated alkanes) is 1. The van der Waals surface area contributed by atoms with E-state index in [0.717, 1.165) is 37.8 Å². The normalized spacial score (nSPS) is 22.7. The molecule has 10 heteroatoms. The van der Waals surface area contributed by atoms with Crippen LogP contribution in [0.1, 0.15) is 56.9 Å². The summed E-state index contributed by atoms with van der Waals surface area (Å²) in [5, 5.41) is 10.4. The van der Waals surface area contributed by atoms with Crippen LogP contribution in [-0.2, 0) is 14.4 Å². The van der Waals surface area contributed by atoms with E-state index >= 15 is 0 Å². The minimum Gasteiger partial charge on any atom is -0.481 e. The minimum absolute atomic E-state index is 0.0416. The van der Waals surface area contributed by atoms with Crippen molar-refractivity contribution in [1.82, 2.24) is 19.6 Å². The van der Waals surface area contributed by atoms with Crippen LogP contribution in [0.5, 0.6) is 11.5 Å². The number of likely N-dealkylation sites (tertiary alicyclic amines) is 2. The summed E-state index contributed by atoms with van der Waals surface area (Å²) in [5.41, 5.74) is 0.873. The van der Waals surface area contributed by atoms with Crippen LogP contribution in [0.15, 0.2) is 18.2 Å². The molecule has 0 spiro atoms. The van der Waals surface area contributed by atoms with Gasteiger partial charge >= 0.3 is 5.97 Å². The standard InChI is InChI=1S/C29H44N4O6/c1-4-5-13-31(15-7-12-30(2)3)27(35)19-33-18-22(21-9-10-24-25(17-21)39-20-38-24)28(29(36)37)23(33)11-16-32-14-6-8-26(32)34/h9-10,17,22-23,28H,4-8,11-16,18-20H2,1-3H3,(H,36,37). The van der Waals surface area contributed by atoms with Crippen molar-refractivity contribution in [2.75, 3.05) is 66.7 Å². The average molecular weight is 545 g/mol. The number of benzene rings is 1.